The number of carbonyl (C=O) groups is 1. The Bertz CT molecular complexity index is 438. The number of aryl methyl sites for hydroxylation is 1. The van der Waals surface area contributed by atoms with Crippen molar-refractivity contribution in [3.05, 3.63) is 23.4 Å². The van der Waals surface area contributed by atoms with Gasteiger partial charge in [0.25, 0.3) is 5.91 Å². The number of amides is 1. The van der Waals surface area contributed by atoms with Crippen molar-refractivity contribution in [2.45, 2.75) is 13.3 Å². The molecule has 0 atom stereocenters. The van der Waals surface area contributed by atoms with Gasteiger partial charge in [-0.05, 0) is 32.0 Å². The van der Waals surface area contributed by atoms with Gasteiger partial charge in [0.15, 0.2) is 0 Å². The highest BCUT2D eigenvalue weighted by atomic mass is 16.5. The Morgan fingerprint density at radius 1 is 1.45 bits per heavy atom. The van der Waals surface area contributed by atoms with E-state index < -0.39 is 0 Å². The second-order valence-electron chi connectivity index (χ2n) is 4.99. The van der Waals surface area contributed by atoms with E-state index in [0.717, 1.165) is 45.0 Å². The number of pyridine rings is 1. The maximum Gasteiger partial charge on any atom is 0.251 e. The molecule has 2 heterocycles. The van der Waals surface area contributed by atoms with Gasteiger partial charge in [-0.25, -0.2) is 4.98 Å². The van der Waals surface area contributed by atoms with Gasteiger partial charge in [-0.1, -0.05) is 0 Å². The molecule has 1 aliphatic heterocycles. The zero-order valence-corrected chi connectivity index (χ0v) is 11.9. The molecule has 1 saturated heterocycles. The maximum atomic E-state index is 12.0. The van der Waals surface area contributed by atoms with Crippen LogP contribution in [-0.2, 0) is 4.74 Å². The van der Waals surface area contributed by atoms with Gasteiger partial charge in [0, 0.05) is 30.9 Å². The number of anilines is 1. The van der Waals surface area contributed by atoms with Crippen molar-refractivity contribution in [3.8, 4) is 0 Å². The average Bonchev–Trinajstić information content (AvgIpc) is 2.43. The first kappa shape index (κ1) is 14.7. The molecule has 0 aromatic carbocycles. The van der Waals surface area contributed by atoms with Gasteiger partial charge in [-0.3, -0.25) is 9.69 Å². The number of aromatic nitrogens is 1. The normalized spacial score (nSPS) is 16.1. The van der Waals surface area contributed by atoms with Crippen LogP contribution in [-0.4, -0.2) is 55.2 Å². The first-order valence-electron chi connectivity index (χ1n) is 6.97. The van der Waals surface area contributed by atoms with Gasteiger partial charge in [0.2, 0.25) is 0 Å². The summed E-state index contributed by atoms with van der Waals surface area (Å²) >= 11 is 0. The molecular formula is C14H22N4O2. The fraction of sp³-hybridized carbons (Fsp3) is 0.571. The van der Waals surface area contributed by atoms with Crippen LogP contribution >= 0.6 is 0 Å². The number of nitrogens with two attached hydrogens (primary N) is 1. The molecule has 110 valence electrons. The molecule has 0 radical (unpaired) electrons. The van der Waals surface area contributed by atoms with Gasteiger partial charge in [-0.15, -0.1) is 0 Å². The monoisotopic (exact) mass is 278 g/mol. The van der Waals surface area contributed by atoms with Gasteiger partial charge in [0.05, 0.1) is 13.2 Å². The second-order valence-corrected chi connectivity index (χ2v) is 4.99. The Morgan fingerprint density at radius 2 is 2.20 bits per heavy atom. The van der Waals surface area contributed by atoms with Crippen LogP contribution in [0.25, 0.3) is 0 Å². The van der Waals surface area contributed by atoms with Crippen LogP contribution in [0.1, 0.15) is 22.5 Å². The van der Waals surface area contributed by atoms with Crippen molar-refractivity contribution >= 4 is 11.7 Å². The van der Waals surface area contributed by atoms with Crippen molar-refractivity contribution in [1.82, 2.24) is 15.2 Å². The Hall–Kier alpha value is -1.66. The minimum Gasteiger partial charge on any atom is -0.384 e. The number of nitrogens with one attached hydrogen (secondary N) is 1. The molecule has 6 heteroatoms. The smallest absolute Gasteiger partial charge is 0.251 e. The summed E-state index contributed by atoms with van der Waals surface area (Å²) in [5.74, 6) is 0.285. The number of hydrogen-bond donors (Lipinski definition) is 2. The van der Waals surface area contributed by atoms with E-state index in [1.807, 2.05) is 6.92 Å². The van der Waals surface area contributed by atoms with E-state index >= 15 is 0 Å². The fourth-order valence-electron chi connectivity index (χ4n) is 2.26. The Balaban J connectivity index is 1.71. The molecule has 1 aromatic heterocycles. The van der Waals surface area contributed by atoms with Crippen LogP contribution in [0.3, 0.4) is 0 Å². The van der Waals surface area contributed by atoms with Crippen LogP contribution in [0.4, 0.5) is 5.82 Å². The summed E-state index contributed by atoms with van der Waals surface area (Å²) in [7, 11) is 0. The summed E-state index contributed by atoms with van der Waals surface area (Å²) in [6.45, 7) is 7.05. The summed E-state index contributed by atoms with van der Waals surface area (Å²) in [4.78, 5) is 18.4. The lowest BCUT2D eigenvalue weighted by atomic mass is 10.2. The Kier molecular flexibility index (Phi) is 5.31. The highest BCUT2D eigenvalue weighted by Gasteiger charge is 2.10. The van der Waals surface area contributed by atoms with Crippen LogP contribution in [0.2, 0.25) is 0 Å². The average molecular weight is 278 g/mol. The highest BCUT2D eigenvalue weighted by Crippen LogP contribution is 2.06. The predicted octanol–water partition coefficient (Wildman–Crippen LogP) is 0.424. The SMILES string of the molecule is Cc1cc(C(=O)NCCCN2CCOCC2)cc(N)n1. The van der Waals surface area contributed by atoms with Gasteiger partial charge < -0.3 is 15.8 Å². The third kappa shape index (κ3) is 4.47. The molecule has 1 aromatic rings. The number of carbonyl (C=O) groups excluding carboxylic acids is 1. The summed E-state index contributed by atoms with van der Waals surface area (Å²) in [6.07, 6.45) is 0.936. The molecule has 0 bridgehead atoms. The molecular weight excluding hydrogens is 256 g/mol. The third-order valence-electron chi connectivity index (χ3n) is 3.28. The zero-order valence-electron chi connectivity index (χ0n) is 11.9. The molecule has 3 N–H and O–H groups in total. The minimum absolute atomic E-state index is 0.0934. The highest BCUT2D eigenvalue weighted by molar-refractivity contribution is 5.94. The minimum atomic E-state index is -0.0934. The van der Waals surface area contributed by atoms with E-state index in [2.05, 4.69) is 15.2 Å². The van der Waals surface area contributed by atoms with E-state index in [1.54, 1.807) is 12.1 Å². The van der Waals surface area contributed by atoms with E-state index in [0.29, 0.717) is 17.9 Å². The van der Waals surface area contributed by atoms with Crippen molar-refractivity contribution < 1.29 is 9.53 Å². The fourth-order valence-corrected chi connectivity index (χ4v) is 2.26. The molecule has 6 nitrogen and oxygen atoms in total. The molecule has 0 unspecified atom stereocenters. The molecule has 2 rings (SSSR count). The first-order valence-corrected chi connectivity index (χ1v) is 6.97. The molecule has 20 heavy (non-hydrogen) atoms. The second kappa shape index (κ2) is 7.21. The predicted molar refractivity (Wildman–Crippen MR) is 77.6 cm³/mol. The topological polar surface area (TPSA) is 80.5 Å². The van der Waals surface area contributed by atoms with Crippen molar-refractivity contribution in [1.29, 1.82) is 0 Å². The molecule has 0 spiro atoms. The molecule has 1 amide bonds. The lowest BCUT2D eigenvalue weighted by molar-refractivity contribution is 0.0374. The number of morpholine rings is 1. The van der Waals surface area contributed by atoms with E-state index in [9.17, 15) is 4.79 Å². The lowest BCUT2D eigenvalue weighted by Crippen LogP contribution is -2.38. The van der Waals surface area contributed by atoms with Crippen LogP contribution in [0.5, 0.6) is 0 Å². The lowest BCUT2D eigenvalue weighted by Gasteiger charge is -2.26. The third-order valence-corrected chi connectivity index (χ3v) is 3.28. The number of nitrogen functional groups attached to an aromatic ring is 1. The van der Waals surface area contributed by atoms with Gasteiger partial charge >= 0.3 is 0 Å². The van der Waals surface area contributed by atoms with Crippen molar-refractivity contribution in [2.24, 2.45) is 0 Å². The van der Waals surface area contributed by atoms with E-state index in [4.69, 9.17) is 10.5 Å². The number of hydrogen-bond acceptors (Lipinski definition) is 5. The summed E-state index contributed by atoms with van der Waals surface area (Å²) in [6, 6.07) is 3.35. The van der Waals surface area contributed by atoms with Crippen molar-refractivity contribution in [2.75, 3.05) is 45.1 Å². The molecule has 1 fully saturated rings. The Labute approximate surface area is 119 Å². The Morgan fingerprint density at radius 3 is 2.90 bits per heavy atom. The van der Waals surface area contributed by atoms with Gasteiger partial charge in [0.1, 0.15) is 5.82 Å². The summed E-state index contributed by atoms with van der Waals surface area (Å²) < 4.78 is 5.30. The molecule has 0 saturated carbocycles. The molecule has 0 aliphatic carbocycles. The first-order chi connectivity index (χ1) is 9.65. The van der Waals surface area contributed by atoms with Crippen LogP contribution in [0.15, 0.2) is 12.1 Å². The van der Waals surface area contributed by atoms with Gasteiger partial charge in [-0.2, -0.15) is 0 Å². The number of ether oxygens (including phenoxy) is 1. The van der Waals surface area contributed by atoms with E-state index in [1.165, 1.54) is 0 Å². The van der Waals surface area contributed by atoms with Crippen molar-refractivity contribution in [3.63, 3.8) is 0 Å². The van der Waals surface area contributed by atoms with Crippen LogP contribution < -0.4 is 11.1 Å². The quantitative estimate of drug-likeness (QED) is 0.763. The summed E-state index contributed by atoms with van der Waals surface area (Å²) in [5, 5.41) is 2.91. The maximum absolute atomic E-state index is 12.0. The van der Waals surface area contributed by atoms with E-state index in [-0.39, 0.29) is 5.91 Å². The largest absolute Gasteiger partial charge is 0.384 e. The zero-order chi connectivity index (χ0) is 14.4. The number of rotatable bonds is 5. The summed E-state index contributed by atoms with van der Waals surface area (Å²) in [5.41, 5.74) is 6.96. The number of nitrogens with zero attached hydrogens (tertiary/aromatic N) is 2. The standard InChI is InChI=1S/C14H22N4O2/c1-11-9-12(10-13(15)17-11)14(19)16-3-2-4-18-5-7-20-8-6-18/h9-10H,2-8H2,1H3,(H2,15,17)(H,16,19). The van der Waals surface area contributed by atoms with Crippen LogP contribution in [0, 0.1) is 6.92 Å². The molecule has 1 aliphatic rings.